The maximum atomic E-state index is 5.95. The average Bonchev–Trinajstić information content (AvgIpc) is 2.89. The number of nitrogens with two attached hydrogens (primary N) is 1. The van der Waals surface area contributed by atoms with Gasteiger partial charge in [-0.15, -0.1) is 0 Å². The van der Waals surface area contributed by atoms with Crippen LogP contribution in [0.25, 0.3) is 0 Å². The molecule has 0 aliphatic heterocycles. The first-order valence-electron chi connectivity index (χ1n) is 5.77. The van der Waals surface area contributed by atoms with Gasteiger partial charge in [0, 0.05) is 6.61 Å². The van der Waals surface area contributed by atoms with Crippen molar-refractivity contribution in [3.63, 3.8) is 0 Å². The molecule has 0 spiro atoms. The molecule has 1 unspecified atom stereocenters. The van der Waals surface area contributed by atoms with E-state index < -0.39 is 0 Å². The van der Waals surface area contributed by atoms with Crippen LogP contribution in [-0.2, 0) is 11.3 Å². The maximum Gasteiger partial charge on any atom is 0.120 e. The highest BCUT2D eigenvalue weighted by molar-refractivity contribution is 5.13. The van der Waals surface area contributed by atoms with Crippen LogP contribution >= 0.6 is 0 Å². The molecule has 3 nitrogen and oxygen atoms in total. The van der Waals surface area contributed by atoms with Gasteiger partial charge in [-0.05, 0) is 24.1 Å². The Labute approximate surface area is 101 Å². The Morgan fingerprint density at radius 1 is 1.12 bits per heavy atom. The summed E-state index contributed by atoms with van der Waals surface area (Å²) in [5.41, 5.74) is 7.12. The van der Waals surface area contributed by atoms with Gasteiger partial charge in [0.2, 0.25) is 0 Å². The van der Waals surface area contributed by atoms with Crippen molar-refractivity contribution in [2.24, 2.45) is 5.73 Å². The third-order valence-corrected chi connectivity index (χ3v) is 2.59. The molecule has 17 heavy (non-hydrogen) atoms. The highest BCUT2D eigenvalue weighted by Gasteiger charge is 2.07. The Morgan fingerprint density at radius 2 is 1.94 bits per heavy atom. The third-order valence-electron chi connectivity index (χ3n) is 2.59. The van der Waals surface area contributed by atoms with Crippen molar-refractivity contribution < 1.29 is 9.15 Å². The first-order chi connectivity index (χ1) is 8.36. The van der Waals surface area contributed by atoms with E-state index in [1.165, 1.54) is 5.56 Å². The molecule has 1 aromatic carbocycles. The lowest BCUT2D eigenvalue weighted by Gasteiger charge is -2.09. The minimum Gasteiger partial charge on any atom is -0.468 e. The number of rotatable bonds is 6. The lowest BCUT2D eigenvalue weighted by molar-refractivity contribution is 0.112. The van der Waals surface area contributed by atoms with Gasteiger partial charge < -0.3 is 14.9 Å². The zero-order valence-corrected chi connectivity index (χ0v) is 9.71. The number of ether oxygens (including phenoxy) is 1. The summed E-state index contributed by atoms with van der Waals surface area (Å²) in [5.74, 6) is 0.813. The van der Waals surface area contributed by atoms with Crippen LogP contribution in [0.4, 0.5) is 0 Å². The van der Waals surface area contributed by atoms with Gasteiger partial charge in [-0.1, -0.05) is 30.3 Å². The Hall–Kier alpha value is -1.58. The van der Waals surface area contributed by atoms with Crippen molar-refractivity contribution in [1.29, 1.82) is 0 Å². The number of furan rings is 1. The fourth-order valence-electron chi connectivity index (χ4n) is 1.62. The van der Waals surface area contributed by atoms with Crippen molar-refractivity contribution in [1.82, 2.24) is 0 Å². The number of benzene rings is 1. The van der Waals surface area contributed by atoms with Gasteiger partial charge in [-0.2, -0.15) is 0 Å². The first-order valence-corrected chi connectivity index (χ1v) is 5.77. The van der Waals surface area contributed by atoms with Crippen LogP contribution in [-0.4, -0.2) is 6.61 Å². The summed E-state index contributed by atoms with van der Waals surface area (Å²) < 4.78 is 10.8. The molecule has 0 aliphatic carbocycles. The van der Waals surface area contributed by atoms with Crippen LogP contribution in [0.2, 0.25) is 0 Å². The van der Waals surface area contributed by atoms with Crippen molar-refractivity contribution in [3.05, 3.63) is 60.1 Å². The molecule has 2 aromatic rings. The molecular weight excluding hydrogens is 214 g/mol. The summed E-state index contributed by atoms with van der Waals surface area (Å²) >= 11 is 0. The van der Waals surface area contributed by atoms with Crippen molar-refractivity contribution in [2.75, 3.05) is 6.61 Å². The van der Waals surface area contributed by atoms with Gasteiger partial charge in [-0.25, -0.2) is 0 Å². The molecule has 2 rings (SSSR count). The molecule has 0 saturated heterocycles. The molecular formula is C14H17NO2. The second-order valence-corrected chi connectivity index (χ2v) is 3.95. The fraction of sp³-hybridized carbons (Fsp3) is 0.286. The van der Waals surface area contributed by atoms with Gasteiger partial charge >= 0.3 is 0 Å². The lowest BCUT2D eigenvalue weighted by atomic mass is 10.2. The molecule has 0 amide bonds. The van der Waals surface area contributed by atoms with E-state index in [9.17, 15) is 0 Å². The smallest absolute Gasteiger partial charge is 0.120 e. The summed E-state index contributed by atoms with van der Waals surface area (Å²) in [6, 6.07) is 13.8. The van der Waals surface area contributed by atoms with E-state index in [4.69, 9.17) is 14.9 Å². The Balaban J connectivity index is 1.67. The summed E-state index contributed by atoms with van der Waals surface area (Å²) in [6.45, 7) is 1.27. The predicted molar refractivity (Wildman–Crippen MR) is 66.4 cm³/mol. The van der Waals surface area contributed by atoms with E-state index >= 15 is 0 Å². The minimum absolute atomic E-state index is 0.0826. The molecule has 0 saturated carbocycles. The van der Waals surface area contributed by atoms with Crippen molar-refractivity contribution >= 4 is 0 Å². The van der Waals surface area contributed by atoms with Crippen LogP contribution in [0.1, 0.15) is 23.8 Å². The molecule has 0 aliphatic rings. The van der Waals surface area contributed by atoms with E-state index in [0.29, 0.717) is 13.2 Å². The summed E-state index contributed by atoms with van der Waals surface area (Å²) in [6.07, 6.45) is 2.40. The highest BCUT2D eigenvalue weighted by atomic mass is 16.5. The Bertz CT molecular complexity index is 411. The SMILES string of the molecule is NC(CCOCc1ccccc1)c1ccco1. The van der Waals surface area contributed by atoms with Gasteiger partial charge in [0.05, 0.1) is 18.9 Å². The molecule has 0 fully saturated rings. The largest absolute Gasteiger partial charge is 0.468 e. The van der Waals surface area contributed by atoms with Gasteiger partial charge in [0.25, 0.3) is 0 Å². The average molecular weight is 231 g/mol. The summed E-state index contributed by atoms with van der Waals surface area (Å²) in [7, 11) is 0. The number of hydrogen-bond acceptors (Lipinski definition) is 3. The van der Waals surface area contributed by atoms with Crippen LogP contribution in [0.5, 0.6) is 0 Å². The molecule has 1 aromatic heterocycles. The van der Waals surface area contributed by atoms with Gasteiger partial charge in [-0.3, -0.25) is 0 Å². The van der Waals surface area contributed by atoms with Gasteiger partial charge in [0.1, 0.15) is 5.76 Å². The molecule has 0 bridgehead atoms. The van der Waals surface area contributed by atoms with Crippen LogP contribution in [0.15, 0.2) is 53.1 Å². The molecule has 1 atom stereocenters. The van der Waals surface area contributed by atoms with Crippen molar-refractivity contribution in [2.45, 2.75) is 19.1 Å². The second-order valence-electron chi connectivity index (χ2n) is 3.95. The van der Waals surface area contributed by atoms with Crippen LogP contribution < -0.4 is 5.73 Å². The first kappa shape index (κ1) is 11.9. The minimum atomic E-state index is -0.0826. The molecule has 0 radical (unpaired) electrons. The molecule has 3 heteroatoms. The number of hydrogen-bond donors (Lipinski definition) is 1. The molecule has 1 heterocycles. The monoisotopic (exact) mass is 231 g/mol. The summed E-state index contributed by atoms with van der Waals surface area (Å²) in [4.78, 5) is 0. The zero-order chi connectivity index (χ0) is 11.9. The predicted octanol–water partition coefficient (Wildman–Crippen LogP) is 2.89. The third kappa shape index (κ3) is 3.73. The fourth-order valence-corrected chi connectivity index (χ4v) is 1.62. The Morgan fingerprint density at radius 3 is 2.65 bits per heavy atom. The molecule has 90 valence electrons. The van der Waals surface area contributed by atoms with E-state index in [2.05, 4.69) is 0 Å². The standard InChI is InChI=1S/C14H17NO2/c15-13(14-7-4-9-17-14)8-10-16-11-12-5-2-1-3-6-12/h1-7,9,13H,8,10-11,15H2. The van der Waals surface area contributed by atoms with Gasteiger partial charge in [0.15, 0.2) is 0 Å². The topological polar surface area (TPSA) is 48.4 Å². The molecule has 2 N–H and O–H groups in total. The maximum absolute atomic E-state index is 5.95. The van der Waals surface area contributed by atoms with Crippen LogP contribution in [0, 0.1) is 0 Å². The van der Waals surface area contributed by atoms with E-state index in [1.807, 2.05) is 42.5 Å². The van der Waals surface area contributed by atoms with Crippen LogP contribution in [0.3, 0.4) is 0 Å². The Kier molecular flexibility index (Phi) is 4.36. The van der Waals surface area contributed by atoms with E-state index in [1.54, 1.807) is 6.26 Å². The van der Waals surface area contributed by atoms with E-state index in [0.717, 1.165) is 12.2 Å². The second kappa shape index (κ2) is 6.23. The van der Waals surface area contributed by atoms with Crippen molar-refractivity contribution in [3.8, 4) is 0 Å². The zero-order valence-electron chi connectivity index (χ0n) is 9.71. The highest BCUT2D eigenvalue weighted by Crippen LogP contribution is 2.14. The van der Waals surface area contributed by atoms with E-state index in [-0.39, 0.29) is 6.04 Å². The lowest BCUT2D eigenvalue weighted by Crippen LogP contribution is -2.12. The summed E-state index contributed by atoms with van der Waals surface area (Å²) in [5, 5.41) is 0. The quantitative estimate of drug-likeness (QED) is 0.778. The normalized spacial score (nSPS) is 12.5.